The molecule has 4 heteroatoms. The molecule has 0 fully saturated rings. The highest BCUT2D eigenvalue weighted by Crippen LogP contribution is 2.06. The largest absolute Gasteiger partial charge is 0.342 e. The van der Waals surface area contributed by atoms with Crippen LogP contribution >= 0.6 is 0 Å². The van der Waals surface area contributed by atoms with Gasteiger partial charge in [-0.1, -0.05) is 24.0 Å². The lowest BCUT2D eigenvalue weighted by molar-refractivity contribution is -0.131. The Hall–Kier alpha value is -1.83. The van der Waals surface area contributed by atoms with Crippen LogP contribution in [0.1, 0.15) is 25.0 Å². The summed E-state index contributed by atoms with van der Waals surface area (Å²) in [6, 6.07) is 8.05. The van der Waals surface area contributed by atoms with Crippen molar-refractivity contribution in [3.8, 4) is 11.8 Å². The molecule has 0 aromatic heterocycles. The molecule has 2 N–H and O–H groups in total. The summed E-state index contributed by atoms with van der Waals surface area (Å²) >= 11 is 0. The second-order valence-corrected chi connectivity index (χ2v) is 4.94. The van der Waals surface area contributed by atoms with Gasteiger partial charge in [-0.15, -0.1) is 0 Å². The fourth-order valence-electron chi connectivity index (χ4n) is 2.12. The van der Waals surface area contributed by atoms with Crippen LogP contribution in [0.5, 0.6) is 0 Å². The highest BCUT2D eigenvalue weighted by atomic mass is 16.2. The number of amides is 1. The second-order valence-electron chi connectivity index (χ2n) is 4.94. The van der Waals surface area contributed by atoms with Gasteiger partial charge in [0.15, 0.2) is 0 Å². The van der Waals surface area contributed by atoms with Crippen molar-refractivity contribution in [1.29, 1.82) is 0 Å². The number of hydrogen-bond donors (Lipinski definition) is 1. The molecule has 0 aliphatic heterocycles. The van der Waals surface area contributed by atoms with Crippen molar-refractivity contribution in [3.05, 3.63) is 35.4 Å². The molecule has 1 aromatic rings. The van der Waals surface area contributed by atoms with Crippen LogP contribution in [0.2, 0.25) is 0 Å². The molecule has 0 saturated carbocycles. The zero-order chi connectivity index (χ0) is 15.7. The van der Waals surface area contributed by atoms with Gasteiger partial charge in [0.1, 0.15) is 0 Å². The van der Waals surface area contributed by atoms with Crippen LogP contribution in [-0.2, 0) is 11.3 Å². The Balaban J connectivity index is 2.54. The number of carbonyl (C=O) groups excluding carboxylic acids is 1. The number of rotatable bonds is 6. The average molecular weight is 287 g/mol. The first kappa shape index (κ1) is 17.2. The van der Waals surface area contributed by atoms with E-state index in [4.69, 9.17) is 5.73 Å². The molecule has 4 nitrogen and oxygen atoms in total. The van der Waals surface area contributed by atoms with E-state index in [1.54, 1.807) is 0 Å². The predicted octanol–water partition coefficient (Wildman–Crippen LogP) is 1.30. The van der Waals surface area contributed by atoms with Crippen LogP contribution in [0.25, 0.3) is 0 Å². The van der Waals surface area contributed by atoms with Crippen LogP contribution in [0.3, 0.4) is 0 Å². The summed E-state index contributed by atoms with van der Waals surface area (Å²) in [6.45, 7) is 7.09. The summed E-state index contributed by atoms with van der Waals surface area (Å²) in [5.74, 6) is 6.01. The van der Waals surface area contributed by atoms with Crippen molar-refractivity contribution in [2.75, 3.05) is 33.2 Å². The maximum Gasteiger partial charge on any atom is 0.236 e. The lowest BCUT2D eigenvalue weighted by Crippen LogP contribution is -2.38. The first-order valence-corrected chi connectivity index (χ1v) is 7.34. The van der Waals surface area contributed by atoms with Crippen molar-refractivity contribution < 1.29 is 4.79 Å². The Bertz CT molecular complexity index is 495. The standard InChI is InChI=1S/C17H25N3O/c1-4-20(5-2)17(21)14-19(3)13-16-10-8-15(9-11-16)7-6-12-18/h8-11H,4-5,12-14,18H2,1-3H3. The normalized spacial score (nSPS) is 10.1. The Morgan fingerprint density at radius 1 is 1.19 bits per heavy atom. The maximum atomic E-state index is 12.0. The number of carbonyl (C=O) groups is 1. The molecule has 21 heavy (non-hydrogen) atoms. The van der Waals surface area contributed by atoms with Gasteiger partial charge in [0, 0.05) is 25.2 Å². The van der Waals surface area contributed by atoms with Crippen molar-refractivity contribution in [1.82, 2.24) is 9.80 Å². The minimum absolute atomic E-state index is 0.174. The average Bonchev–Trinajstić information content (AvgIpc) is 2.47. The van der Waals surface area contributed by atoms with Crippen molar-refractivity contribution in [2.24, 2.45) is 5.73 Å². The topological polar surface area (TPSA) is 49.6 Å². The zero-order valence-corrected chi connectivity index (χ0v) is 13.2. The van der Waals surface area contributed by atoms with E-state index < -0.39 is 0 Å². The smallest absolute Gasteiger partial charge is 0.236 e. The molecule has 0 heterocycles. The van der Waals surface area contributed by atoms with Crippen molar-refractivity contribution >= 4 is 5.91 Å². The fourth-order valence-corrected chi connectivity index (χ4v) is 2.12. The number of benzene rings is 1. The first-order valence-electron chi connectivity index (χ1n) is 7.34. The highest BCUT2D eigenvalue weighted by Gasteiger charge is 2.12. The van der Waals surface area contributed by atoms with Gasteiger partial charge in [0.05, 0.1) is 13.1 Å². The van der Waals surface area contributed by atoms with Gasteiger partial charge in [0.2, 0.25) is 5.91 Å². The van der Waals surface area contributed by atoms with E-state index in [-0.39, 0.29) is 5.91 Å². The number of hydrogen-bond acceptors (Lipinski definition) is 3. The van der Waals surface area contributed by atoms with Gasteiger partial charge >= 0.3 is 0 Å². The summed E-state index contributed by atoms with van der Waals surface area (Å²) in [6.07, 6.45) is 0. The minimum atomic E-state index is 0.174. The number of nitrogens with zero attached hydrogens (tertiary/aromatic N) is 2. The quantitative estimate of drug-likeness (QED) is 0.802. The van der Waals surface area contributed by atoms with E-state index in [1.165, 1.54) is 5.56 Å². The Kier molecular flexibility index (Phi) is 7.52. The molecule has 0 unspecified atom stereocenters. The predicted molar refractivity (Wildman–Crippen MR) is 86.6 cm³/mol. The molecule has 0 aliphatic rings. The van der Waals surface area contributed by atoms with Crippen LogP contribution in [0.15, 0.2) is 24.3 Å². The molecule has 0 saturated heterocycles. The molecule has 1 amide bonds. The molecule has 1 rings (SSSR count). The maximum absolute atomic E-state index is 12.0. The van der Waals surface area contributed by atoms with Gasteiger partial charge in [0.25, 0.3) is 0 Å². The Labute approximate surface area is 127 Å². The molecular formula is C17H25N3O. The van der Waals surface area contributed by atoms with E-state index in [1.807, 2.05) is 55.0 Å². The lowest BCUT2D eigenvalue weighted by Gasteiger charge is -2.23. The third kappa shape index (κ3) is 5.99. The van der Waals surface area contributed by atoms with Crippen LogP contribution in [0.4, 0.5) is 0 Å². The van der Waals surface area contributed by atoms with E-state index >= 15 is 0 Å². The van der Waals surface area contributed by atoms with Crippen molar-refractivity contribution in [2.45, 2.75) is 20.4 Å². The van der Waals surface area contributed by atoms with Gasteiger partial charge in [-0.2, -0.15) is 0 Å². The van der Waals surface area contributed by atoms with Gasteiger partial charge in [-0.25, -0.2) is 0 Å². The zero-order valence-electron chi connectivity index (χ0n) is 13.2. The van der Waals surface area contributed by atoms with E-state index in [0.29, 0.717) is 13.1 Å². The summed E-state index contributed by atoms with van der Waals surface area (Å²) in [5, 5.41) is 0. The van der Waals surface area contributed by atoms with E-state index in [9.17, 15) is 4.79 Å². The second kappa shape index (κ2) is 9.17. The third-order valence-electron chi connectivity index (χ3n) is 3.26. The summed E-state index contributed by atoms with van der Waals surface area (Å²) in [7, 11) is 1.96. The van der Waals surface area contributed by atoms with E-state index in [2.05, 4.69) is 11.8 Å². The van der Waals surface area contributed by atoms with Gasteiger partial charge < -0.3 is 10.6 Å². The van der Waals surface area contributed by atoms with Gasteiger partial charge in [-0.05, 0) is 38.6 Å². The first-order chi connectivity index (χ1) is 10.1. The molecule has 0 atom stereocenters. The molecule has 0 bridgehead atoms. The number of likely N-dealkylation sites (N-methyl/N-ethyl adjacent to an activating group) is 2. The number of nitrogens with two attached hydrogens (primary N) is 1. The molecule has 0 spiro atoms. The van der Waals surface area contributed by atoms with E-state index in [0.717, 1.165) is 25.2 Å². The summed E-state index contributed by atoms with van der Waals surface area (Å²) in [4.78, 5) is 15.9. The molecule has 0 aliphatic carbocycles. The van der Waals surface area contributed by atoms with Crippen LogP contribution in [0, 0.1) is 11.8 Å². The minimum Gasteiger partial charge on any atom is -0.342 e. The molecule has 0 radical (unpaired) electrons. The molecule has 114 valence electrons. The lowest BCUT2D eigenvalue weighted by atomic mass is 10.1. The Morgan fingerprint density at radius 3 is 2.33 bits per heavy atom. The molecule has 1 aromatic carbocycles. The summed E-state index contributed by atoms with van der Waals surface area (Å²) in [5.41, 5.74) is 7.48. The van der Waals surface area contributed by atoms with Gasteiger partial charge in [-0.3, -0.25) is 9.69 Å². The Morgan fingerprint density at radius 2 is 1.81 bits per heavy atom. The SMILES string of the molecule is CCN(CC)C(=O)CN(C)Cc1ccc(C#CCN)cc1. The monoisotopic (exact) mass is 287 g/mol. The highest BCUT2D eigenvalue weighted by molar-refractivity contribution is 5.78. The third-order valence-corrected chi connectivity index (χ3v) is 3.26. The van der Waals surface area contributed by atoms with Crippen LogP contribution < -0.4 is 5.73 Å². The molecular weight excluding hydrogens is 262 g/mol. The van der Waals surface area contributed by atoms with Crippen LogP contribution in [-0.4, -0.2) is 48.9 Å². The summed E-state index contributed by atoms with van der Waals surface area (Å²) < 4.78 is 0. The fraction of sp³-hybridized carbons (Fsp3) is 0.471. The van der Waals surface area contributed by atoms with Crippen molar-refractivity contribution in [3.63, 3.8) is 0 Å².